The van der Waals surface area contributed by atoms with Gasteiger partial charge in [-0.15, -0.1) is 0 Å². The third-order valence-corrected chi connectivity index (χ3v) is 3.33. The van der Waals surface area contributed by atoms with E-state index in [9.17, 15) is 4.79 Å². The van der Waals surface area contributed by atoms with Crippen molar-refractivity contribution < 1.29 is 9.53 Å². The second-order valence-corrected chi connectivity index (χ2v) is 4.57. The van der Waals surface area contributed by atoms with Crippen molar-refractivity contribution in [3.05, 3.63) is 35.9 Å². The average Bonchev–Trinajstić information content (AvgIpc) is 2.27. The predicted molar refractivity (Wildman–Crippen MR) is 65.1 cm³/mol. The number of primary amides is 1. The fraction of sp³-hybridized carbons (Fsp3) is 0.462. The van der Waals surface area contributed by atoms with Crippen LogP contribution in [0.5, 0.6) is 0 Å². The summed E-state index contributed by atoms with van der Waals surface area (Å²) >= 11 is 0. The second-order valence-electron chi connectivity index (χ2n) is 4.57. The molecule has 0 radical (unpaired) electrons. The summed E-state index contributed by atoms with van der Waals surface area (Å²) in [4.78, 5) is 11.6. The molecule has 4 heteroatoms. The maximum atomic E-state index is 11.6. The largest absolute Gasteiger partial charge is 0.375 e. The summed E-state index contributed by atoms with van der Waals surface area (Å²) in [6.07, 6.45) is 3.51. The standard InChI is InChI=1S/C13H18N2O2/c14-12(16)13(15,9-17-11-7-4-8-11)10-5-2-1-3-6-10/h1-3,5-6,11H,4,7-9,15H2,(H2,14,16). The van der Waals surface area contributed by atoms with E-state index in [2.05, 4.69) is 0 Å². The third-order valence-electron chi connectivity index (χ3n) is 3.33. The predicted octanol–water partition coefficient (Wildman–Crippen LogP) is 0.895. The third kappa shape index (κ3) is 2.48. The van der Waals surface area contributed by atoms with Crippen LogP contribution < -0.4 is 11.5 Å². The van der Waals surface area contributed by atoms with Crippen molar-refractivity contribution >= 4 is 5.91 Å². The highest BCUT2D eigenvalue weighted by atomic mass is 16.5. The summed E-state index contributed by atoms with van der Waals surface area (Å²) in [6.45, 7) is 0.150. The summed E-state index contributed by atoms with van der Waals surface area (Å²) in [7, 11) is 0. The Bertz CT molecular complexity index is 390. The Morgan fingerprint density at radius 2 is 2.00 bits per heavy atom. The highest BCUT2D eigenvalue weighted by Crippen LogP contribution is 2.25. The normalized spacial score (nSPS) is 19.4. The van der Waals surface area contributed by atoms with Gasteiger partial charge in [0.2, 0.25) is 5.91 Å². The van der Waals surface area contributed by atoms with Crippen molar-refractivity contribution in [3.8, 4) is 0 Å². The first-order valence-corrected chi connectivity index (χ1v) is 5.89. The van der Waals surface area contributed by atoms with E-state index in [1.807, 2.05) is 18.2 Å². The average molecular weight is 234 g/mol. The van der Waals surface area contributed by atoms with Crippen molar-refractivity contribution in [3.63, 3.8) is 0 Å². The van der Waals surface area contributed by atoms with E-state index in [1.165, 1.54) is 6.42 Å². The van der Waals surface area contributed by atoms with E-state index in [4.69, 9.17) is 16.2 Å². The summed E-state index contributed by atoms with van der Waals surface area (Å²) < 4.78 is 5.63. The monoisotopic (exact) mass is 234 g/mol. The van der Waals surface area contributed by atoms with Gasteiger partial charge < -0.3 is 16.2 Å². The lowest BCUT2D eigenvalue weighted by molar-refractivity contribution is -0.128. The molecular weight excluding hydrogens is 216 g/mol. The van der Waals surface area contributed by atoms with Gasteiger partial charge in [-0.3, -0.25) is 4.79 Å². The fourth-order valence-electron chi connectivity index (χ4n) is 1.82. The number of amides is 1. The van der Waals surface area contributed by atoms with Gasteiger partial charge in [0.15, 0.2) is 0 Å². The van der Waals surface area contributed by atoms with Crippen LogP contribution in [-0.2, 0) is 15.1 Å². The molecule has 92 valence electrons. The number of rotatable bonds is 5. The molecule has 0 spiro atoms. The molecule has 1 amide bonds. The molecule has 0 heterocycles. The molecule has 0 bridgehead atoms. The molecule has 4 nitrogen and oxygen atoms in total. The Hall–Kier alpha value is -1.39. The minimum Gasteiger partial charge on any atom is -0.375 e. The van der Waals surface area contributed by atoms with Gasteiger partial charge in [0.05, 0.1) is 12.7 Å². The maximum Gasteiger partial charge on any atom is 0.244 e. The highest BCUT2D eigenvalue weighted by molar-refractivity contribution is 5.86. The zero-order valence-electron chi connectivity index (χ0n) is 9.76. The summed E-state index contributed by atoms with van der Waals surface area (Å²) in [5, 5.41) is 0. The lowest BCUT2D eigenvalue weighted by atomic mass is 9.90. The van der Waals surface area contributed by atoms with Crippen molar-refractivity contribution in [1.82, 2.24) is 0 Å². The van der Waals surface area contributed by atoms with Crippen molar-refractivity contribution in [2.45, 2.75) is 30.9 Å². The number of carbonyl (C=O) groups is 1. The molecule has 1 aliphatic rings. The number of ether oxygens (including phenoxy) is 1. The molecule has 1 aliphatic carbocycles. The number of carbonyl (C=O) groups excluding carboxylic acids is 1. The Balaban J connectivity index is 2.11. The summed E-state index contributed by atoms with van der Waals surface area (Å²) in [5.74, 6) is -0.553. The molecule has 17 heavy (non-hydrogen) atoms. The van der Waals surface area contributed by atoms with Crippen molar-refractivity contribution in [2.24, 2.45) is 11.5 Å². The minimum atomic E-state index is -1.23. The molecule has 1 aromatic carbocycles. The number of benzene rings is 1. The van der Waals surface area contributed by atoms with Gasteiger partial charge in [0, 0.05) is 0 Å². The van der Waals surface area contributed by atoms with Crippen molar-refractivity contribution in [1.29, 1.82) is 0 Å². The molecule has 2 rings (SSSR count). The van der Waals surface area contributed by atoms with E-state index in [0.29, 0.717) is 5.56 Å². The van der Waals surface area contributed by atoms with Gasteiger partial charge in [-0.1, -0.05) is 30.3 Å². The van der Waals surface area contributed by atoms with Crippen LogP contribution in [-0.4, -0.2) is 18.6 Å². The first-order chi connectivity index (χ1) is 8.13. The molecule has 4 N–H and O–H groups in total. The van der Waals surface area contributed by atoms with Crippen LogP contribution in [0.15, 0.2) is 30.3 Å². The van der Waals surface area contributed by atoms with Crippen LogP contribution in [0.3, 0.4) is 0 Å². The number of nitrogens with two attached hydrogens (primary N) is 2. The van der Waals surface area contributed by atoms with E-state index in [-0.39, 0.29) is 12.7 Å². The van der Waals surface area contributed by atoms with E-state index in [1.54, 1.807) is 12.1 Å². The van der Waals surface area contributed by atoms with Gasteiger partial charge >= 0.3 is 0 Å². The van der Waals surface area contributed by atoms with Gasteiger partial charge in [-0.05, 0) is 24.8 Å². The smallest absolute Gasteiger partial charge is 0.244 e. The van der Waals surface area contributed by atoms with E-state index < -0.39 is 11.4 Å². The van der Waals surface area contributed by atoms with Crippen LogP contribution in [0, 0.1) is 0 Å². The summed E-state index contributed by atoms with van der Waals surface area (Å²) in [5.41, 5.74) is 11.0. The van der Waals surface area contributed by atoms with Gasteiger partial charge in [0.1, 0.15) is 5.54 Å². The Morgan fingerprint density at radius 1 is 1.35 bits per heavy atom. The molecule has 1 atom stereocenters. The molecule has 1 aromatic rings. The van der Waals surface area contributed by atoms with Crippen LogP contribution in [0.4, 0.5) is 0 Å². The Morgan fingerprint density at radius 3 is 2.47 bits per heavy atom. The molecule has 1 saturated carbocycles. The molecule has 0 saturated heterocycles. The van der Waals surface area contributed by atoms with Crippen LogP contribution in [0.1, 0.15) is 24.8 Å². The van der Waals surface area contributed by atoms with E-state index in [0.717, 1.165) is 12.8 Å². The van der Waals surface area contributed by atoms with Gasteiger partial charge in [-0.25, -0.2) is 0 Å². The zero-order valence-corrected chi connectivity index (χ0v) is 9.76. The maximum absolute atomic E-state index is 11.6. The SMILES string of the molecule is NC(=O)C(N)(COC1CCC1)c1ccccc1. The first-order valence-electron chi connectivity index (χ1n) is 5.89. The lowest BCUT2D eigenvalue weighted by Gasteiger charge is -2.32. The lowest BCUT2D eigenvalue weighted by Crippen LogP contribution is -2.53. The topological polar surface area (TPSA) is 78.3 Å². The van der Waals surface area contributed by atoms with Crippen LogP contribution in [0.2, 0.25) is 0 Å². The number of hydrogen-bond acceptors (Lipinski definition) is 3. The molecular formula is C13H18N2O2. The van der Waals surface area contributed by atoms with Crippen LogP contribution >= 0.6 is 0 Å². The van der Waals surface area contributed by atoms with Gasteiger partial charge in [-0.2, -0.15) is 0 Å². The van der Waals surface area contributed by atoms with E-state index >= 15 is 0 Å². The van der Waals surface area contributed by atoms with Crippen molar-refractivity contribution in [2.75, 3.05) is 6.61 Å². The molecule has 0 aromatic heterocycles. The Kier molecular flexibility index (Phi) is 3.45. The van der Waals surface area contributed by atoms with Gasteiger partial charge in [0.25, 0.3) is 0 Å². The molecule has 1 unspecified atom stereocenters. The fourth-order valence-corrected chi connectivity index (χ4v) is 1.82. The second kappa shape index (κ2) is 4.85. The Labute approximate surface area is 101 Å². The van der Waals surface area contributed by atoms with Crippen LogP contribution in [0.25, 0.3) is 0 Å². The zero-order chi connectivity index (χ0) is 12.3. The molecule has 1 fully saturated rings. The molecule has 0 aliphatic heterocycles. The number of hydrogen-bond donors (Lipinski definition) is 2. The summed E-state index contributed by atoms with van der Waals surface area (Å²) in [6, 6.07) is 9.15. The minimum absolute atomic E-state index is 0.150. The quantitative estimate of drug-likeness (QED) is 0.794. The first kappa shape index (κ1) is 12.1. The highest BCUT2D eigenvalue weighted by Gasteiger charge is 2.35.